The molecule has 25 heavy (non-hydrogen) atoms. The van der Waals surface area contributed by atoms with Crippen molar-refractivity contribution in [1.82, 2.24) is 10.2 Å². The first-order chi connectivity index (χ1) is 11.8. The molecular formula is C18H24FN3O3. The van der Waals surface area contributed by atoms with E-state index in [4.69, 9.17) is 0 Å². The third-order valence-electron chi connectivity index (χ3n) is 3.74. The van der Waals surface area contributed by atoms with Crippen LogP contribution in [0.2, 0.25) is 0 Å². The summed E-state index contributed by atoms with van der Waals surface area (Å²) in [5.41, 5.74) is 0.922. The molecule has 0 aliphatic heterocycles. The standard InChI is InChI=1S/C18H24FN3O3/c1-12(2)16(22(4)17(24)10-20-11-23)9-13(3)18(25)21-15-7-5-14(19)6-8-15/h5-9,11-12,16H,10H2,1-4H3,(H,20,23)(H,21,25)/b13-9+/t16-/m1/s1. The molecule has 0 saturated carbocycles. The Bertz CT molecular complexity index is 641. The van der Waals surface area contributed by atoms with Crippen LogP contribution in [0.15, 0.2) is 35.9 Å². The molecule has 1 aromatic carbocycles. The minimum absolute atomic E-state index is 0.0683. The first kappa shape index (κ1) is 20.3. The fourth-order valence-electron chi connectivity index (χ4n) is 2.27. The van der Waals surface area contributed by atoms with Gasteiger partial charge < -0.3 is 15.5 Å². The molecule has 136 valence electrons. The van der Waals surface area contributed by atoms with Crippen molar-refractivity contribution in [2.24, 2.45) is 5.92 Å². The van der Waals surface area contributed by atoms with Crippen LogP contribution in [0.1, 0.15) is 20.8 Å². The Kier molecular flexibility index (Phi) is 7.78. The zero-order chi connectivity index (χ0) is 19.0. The van der Waals surface area contributed by atoms with Gasteiger partial charge in [-0.05, 0) is 37.1 Å². The molecule has 0 bridgehead atoms. The molecule has 3 amide bonds. The summed E-state index contributed by atoms with van der Waals surface area (Å²) in [6, 6.07) is 5.17. The van der Waals surface area contributed by atoms with Gasteiger partial charge in [-0.1, -0.05) is 19.9 Å². The van der Waals surface area contributed by atoms with Crippen LogP contribution >= 0.6 is 0 Å². The number of hydrogen-bond donors (Lipinski definition) is 2. The van der Waals surface area contributed by atoms with E-state index in [2.05, 4.69) is 10.6 Å². The molecule has 6 nitrogen and oxygen atoms in total. The van der Waals surface area contributed by atoms with Crippen LogP contribution in [-0.2, 0) is 14.4 Å². The van der Waals surface area contributed by atoms with Gasteiger partial charge in [0.05, 0.1) is 12.6 Å². The summed E-state index contributed by atoms with van der Waals surface area (Å²) in [6.07, 6.45) is 2.18. The highest BCUT2D eigenvalue weighted by Gasteiger charge is 2.22. The maximum atomic E-state index is 12.9. The highest BCUT2D eigenvalue weighted by Crippen LogP contribution is 2.15. The van der Waals surface area contributed by atoms with E-state index in [0.717, 1.165) is 0 Å². The number of halogens is 1. The molecule has 0 radical (unpaired) electrons. The zero-order valence-electron chi connectivity index (χ0n) is 14.9. The molecule has 0 aromatic heterocycles. The van der Waals surface area contributed by atoms with Crippen molar-refractivity contribution in [2.75, 3.05) is 18.9 Å². The molecule has 1 aromatic rings. The fourth-order valence-corrected chi connectivity index (χ4v) is 2.27. The van der Waals surface area contributed by atoms with Crippen LogP contribution < -0.4 is 10.6 Å². The summed E-state index contributed by atoms with van der Waals surface area (Å²) < 4.78 is 12.9. The number of nitrogens with zero attached hydrogens (tertiary/aromatic N) is 1. The van der Waals surface area contributed by atoms with Crippen molar-refractivity contribution in [3.63, 3.8) is 0 Å². The average Bonchev–Trinajstić information content (AvgIpc) is 2.58. The first-order valence-corrected chi connectivity index (χ1v) is 7.94. The van der Waals surface area contributed by atoms with Gasteiger partial charge in [0.15, 0.2) is 0 Å². The SMILES string of the molecule is C/C(=C\[C@H](C(C)C)N(C)C(=O)CNC=O)C(=O)Nc1ccc(F)cc1. The van der Waals surface area contributed by atoms with Gasteiger partial charge in [-0.25, -0.2) is 4.39 Å². The van der Waals surface area contributed by atoms with E-state index in [-0.39, 0.29) is 36.1 Å². The van der Waals surface area contributed by atoms with E-state index in [1.165, 1.54) is 29.2 Å². The van der Waals surface area contributed by atoms with E-state index in [1.807, 2.05) is 13.8 Å². The Morgan fingerprint density at radius 1 is 1.24 bits per heavy atom. The molecule has 1 rings (SSSR count). The summed E-state index contributed by atoms with van der Waals surface area (Å²) in [5, 5.41) is 5.01. The maximum Gasteiger partial charge on any atom is 0.251 e. The molecule has 0 saturated heterocycles. The van der Waals surface area contributed by atoms with E-state index >= 15 is 0 Å². The highest BCUT2D eigenvalue weighted by molar-refractivity contribution is 6.03. The Balaban J connectivity index is 2.85. The van der Waals surface area contributed by atoms with Gasteiger partial charge in [0.2, 0.25) is 12.3 Å². The number of anilines is 1. The number of nitrogens with one attached hydrogen (secondary N) is 2. The van der Waals surface area contributed by atoms with Gasteiger partial charge in [-0.3, -0.25) is 14.4 Å². The van der Waals surface area contributed by atoms with E-state index in [1.54, 1.807) is 20.0 Å². The Morgan fingerprint density at radius 2 is 1.84 bits per heavy atom. The summed E-state index contributed by atoms with van der Waals surface area (Å²) in [4.78, 5) is 36.2. The van der Waals surface area contributed by atoms with Gasteiger partial charge >= 0.3 is 0 Å². The summed E-state index contributed by atoms with van der Waals surface area (Å²) >= 11 is 0. The Labute approximate surface area is 147 Å². The van der Waals surface area contributed by atoms with E-state index in [0.29, 0.717) is 17.7 Å². The molecule has 0 heterocycles. The lowest BCUT2D eigenvalue weighted by Gasteiger charge is -2.29. The lowest BCUT2D eigenvalue weighted by Crippen LogP contribution is -2.43. The number of likely N-dealkylation sites (N-methyl/N-ethyl adjacent to an activating group) is 1. The minimum Gasteiger partial charge on any atom is -0.350 e. The van der Waals surface area contributed by atoms with E-state index < -0.39 is 0 Å². The van der Waals surface area contributed by atoms with Crippen LogP contribution in [0, 0.1) is 11.7 Å². The van der Waals surface area contributed by atoms with Crippen LogP contribution in [0.25, 0.3) is 0 Å². The molecule has 0 unspecified atom stereocenters. The average molecular weight is 349 g/mol. The fraction of sp³-hybridized carbons (Fsp3) is 0.389. The summed E-state index contributed by atoms with van der Waals surface area (Å²) in [7, 11) is 1.63. The van der Waals surface area contributed by atoms with Crippen molar-refractivity contribution >= 4 is 23.9 Å². The molecule has 7 heteroatoms. The third-order valence-corrected chi connectivity index (χ3v) is 3.74. The van der Waals surface area contributed by atoms with Crippen LogP contribution in [0.4, 0.5) is 10.1 Å². The second-order valence-corrected chi connectivity index (χ2v) is 6.05. The Hall–Kier alpha value is -2.70. The number of benzene rings is 1. The minimum atomic E-state index is -0.380. The number of hydrogen-bond acceptors (Lipinski definition) is 3. The van der Waals surface area contributed by atoms with Gasteiger partial charge in [-0.15, -0.1) is 0 Å². The molecule has 1 atom stereocenters. The van der Waals surface area contributed by atoms with Crippen molar-refractivity contribution in [3.05, 3.63) is 41.7 Å². The smallest absolute Gasteiger partial charge is 0.251 e. The Morgan fingerprint density at radius 3 is 2.36 bits per heavy atom. The molecule has 0 spiro atoms. The van der Waals surface area contributed by atoms with E-state index in [9.17, 15) is 18.8 Å². The predicted molar refractivity (Wildman–Crippen MR) is 94.2 cm³/mol. The molecule has 2 N–H and O–H groups in total. The number of carbonyl (C=O) groups is 3. The van der Waals surface area contributed by atoms with Crippen molar-refractivity contribution in [2.45, 2.75) is 26.8 Å². The second kappa shape index (κ2) is 9.56. The number of carbonyl (C=O) groups excluding carboxylic acids is 3. The second-order valence-electron chi connectivity index (χ2n) is 6.05. The number of rotatable bonds is 8. The maximum absolute atomic E-state index is 12.9. The lowest BCUT2D eigenvalue weighted by molar-refractivity contribution is -0.132. The summed E-state index contributed by atoms with van der Waals surface area (Å²) in [6.45, 7) is 5.42. The van der Waals surface area contributed by atoms with Gasteiger partial charge in [0.1, 0.15) is 5.82 Å². The van der Waals surface area contributed by atoms with Crippen molar-refractivity contribution in [3.8, 4) is 0 Å². The molecule has 0 fully saturated rings. The number of amides is 3. The van der Waals surface area contributed by atoms with Crippen LogP contribution in [0.5, 0.6) is 0 Å². The normalized spacial score (nSPS) is 12.5. The van der Waals surface area contributed by atoms with Gasteiger partial charge in [0.25, 0.3) is 5.91 Å². The van der Waals surface area contributed by atoms with Gasteiger partial charge in [0, 0.05) is 18.3 Å². The predicted octanol–water partition coefficient (Wildman–Crippen LogP) is 1.94. The topological polar surface area (TPSA) is 78.5 Å². The molecule has 0 aliphatic carbocycles. The zero-order valence-corrected chi connectivity index (χ0v) is 14.9. The molecule has 0 aliphatic rings. The van der Waals surface area contributed by atoms with Crippen molar-refractivity contribution in [1.29, 1.82) is 0 Å². The van der Waals surface area contributed by atoms with Gasteiger partial charge in [-0.2, -0.15) is 0 Å². The van der Waals surface area contributed by atoms with Crippen LogP contribution in [0.3, 0.4) is 0 Å². The van der Waals surface area contributed by atoms with Crippen LogP contribution in [-0.4, -0.2) is 42.8 Å². The lowest BCUT2D eigenvalue weighted by atomic mass is 9.99. The quantitative estimate of drug-likeness (QED) is 0.556. The summed E-state index contributed by atoms with van der Waals surface area (Å²) in [5.74, 6) is -0.897. The largest absolute Gasteiger partial charge is 0.350 e. The van der Waals surface area contributed by atoms with Crippen molar-refractivity contribution < 1.29 is 18.8 Å². The molecular weight excluding hydrogens is 325 g/mol. The highest BCUT2D eigenvalue weighted by atomic mass is 19.1. The monoisotopic (exact) mass is 349 g/mol. The first-order valence-electron chi connectivity index (χ1n) is 7.94. The third kappa shape index (κ3) is 6.37.